The smallest absolute Gasteiger partial charge is 0.233 e. The molecule has 0 atom stereocenters. The van der Waals surface area contributed by atoms with Gasteiger partial charge in [0.1, 0.15) is 5.82 Å². The van der Waals surface area contributed by atoms with Crippen LogP contribution in [0, 0.1) is 6.92 Å². The summed E-state index contributed by atoms with van der Waals surface area (Å²) in [6.07, 6.45) is 5.86. The first-order valence-corrected chi connectivity index (χ1v) is 11.2. The highest BCUT2D eigenvalue weighted by Gasteiger charge is 2.23. The van der Waals surface area contributed by atoms with Gasteiger partial charge >= 0.3 is 0 Å². The zero-order chi connectivity index (χ0) is 21.3. The molecule has 1 amide bonds. The molecule has 1 aromatic carbocycles. The number of hydrogen-bond donors (Lipinski definition) is 0. The maximum atomic E-state index is 12.8. The fourth-order valence-electron chi connectivity index (χ4n) is 4.01. The molecule has 1 aliphatic carbocycles. The number of ether oxygens (including phenoxy) is 2. The van der Waals surface area contributed by atoms with Crippen LogP contribution in [0.25, 0.3) is 16.6 Å². The van der Waals surface area contributed by atoms with E-state index in [1.54, 1.807) is 18.7 Å². The number of amides is 1. The topological polar surface area (TPSA) is 81.9 Å². The number of carbonyl (C=O) groups is 1. The monoisotopic (exact) mass is 429 g/mol. The molecule has 0 bridgehead atoms. The number of methoxy groups -OCH3 is 2. The first kappa shape index (κ1) is 20.7. The molecule has 0 radical (unpaired) electrons. The molecule has 8 nitrogen and oxygen atoms in total. The molecule has 0 N–H and O–H groups in total. The van der Waals surface area contributed by atoms with Crippen LogP contribution >= 0.6 is 11.8 Å². The fraction of sp³-hybridized carbons (Fsp3) is 0.524. The highest BCUT2D eigenvalue weighted by molar-refractivity contribution is 7.99. The number of hydrogen-bond acceptors (Lipinski definition) is 7. The maximum Gasteiger partial charge on any atom is 0.233 e. The van der Waals surface area contributed by atoms with Crippen LogP contribution in [-0.4, -0.2) is 63.5 Å². The molecule has 1 fully saturated rings. The van der Waals surface area contributed by atoms with Crippen molar-refractivity contribution in [3.63, 3.8) is 0 Å². The van der Waals surface area contributed by atoms with Crippen molar-refractivity contribution in [2.24, 2.45) is 0 Å². The van der Waals surface area contributed by atoms with Crippen molar-refractivity contribution < 1.29 is 14.3 Å². The van der Waals surface area contributed by atoms with Crippen LogP contribution in [0.1, 0.15) is 37.9 Å². The van der Waals surface area contributed by atoms with E-state index >= 15 is 0 Å². The Balaban J connectivity index is 1.65. The normalized spacial score (nSPS) is 14.9. The van der Waals surface area contributed by atoms with Gasteiger partial charge in [-0.2, -0.15) is 4.52 Å². The Bertz CT molecular complexity index is 1080. The summed E-state index contributed by atoms with van der Waals surface area (Å²) in [5.74, 6) is 2.28. The van der Waals surface area contributed by atoms with Crippen molar-refractivity contribution >= 4 is 34.2 Å². The maximum absolute atomic E-state index is 12.8. The highest BCUT2D eigenvalue weighted by Crippen LogP contribution is 2.34. The third-order valence-electron chi connectivity index (χ3n) is 5.69. The molecule has 0 aliphatic heterocycles. The summed E-state index contributed by atoms with van der Waals surface area (Å²) < 4.78 is 12.6. The van der Waals surface area contributed by atoms with Crippen molar-refractivity contribution in [3.05, 3.63) is 18.0 Å². The van der Waals surface area contributed by atoms with Gasteiger partial charge in [0.05, 0.1) is 25.5 Å². The van der Waals surface area contributed by atoms with E-state index in [1.165, 1.54) is 31.0 Å². The fourth-order valence-corrected chi connectivity index (χ4v) is 4.88. The van der Waals surface area contributed by atoms with E-state index in [0.717, 1.165) is 23.7 Å². The molecular weight excluding hydrogens is 402 g/mol. The second-order valence-electron chi connectivity index (χ2n) is 7.60. The van der Waals surface area contributed by atoms with Crippen LogP contribution in [0.3, 0.4) is 0 Å². The van der Waals surface area contributed by atoms with Crippen LogP contribution < -0.4 is 9.47 Å². The van der Waals surface area contributed by atoms with E-state index in [-0.39, 0.29) is 5.91 Å². The third-order valence-corrected chi connectivity index (χ3v) is 6.61. The Hall–Kier alpha value is -2.55. The number of aryl methyl sites for hydroxylation is 1. The van der Waals surface area contributed by atoms with Gasteiger partial charge in [-0.1, -0.05) is 31.0 Å². The van der Waals surface area contributed by atoms with Gasteiger partial charge < -0.3 is 14.4 Å². The number of rotatable bonds is 6. The Morgan fingerprint density at radius 3 is 2.57 bits per heavy atom. The minimum atomic E-state index is 0.117. The number of thioether (sulfide) groups is 1. The molecule has 4 rings (SSSR count). The summed E-state index contributed by atoms with van der Waals surface area (Å²) in [4.78, 5) is 24.0. The van der Waals surface area contributed by atoms with E-state index in [9.17, 15) is 4.79 Å². The van der Waals surface area contributed by atoms with Crippen molar-refractivity contribution in [3.8, 4) is 11.5 Å². The lowest BCUT2D eigenvalue weighted by Crippen LogP contribution is -2.39. The molecule has 1 aliphatic rings. The third kappa shape index (κ3) is 3.90. The largest absolute Gasteiger partial charge is 0.493 e. The standard InChI is InChI=1S/C21H27N5O3S/c1-13-22-20-15-10-17(28-3)18(29-4)11-16(15)23-21(26(20)24-13)30-12-19(27)25(2)14-8-6-5-7-9-14/h10-11,14H,5-9,12H2,1-4H3. The number of nitrogens with zero attached hydrogens (tertiary/aromatic N) is 5. The van der Waals surface area contributed by atoms with Crippen molar-refractivity contribution in [2.75, 3.05) is 27.0 Å². The van der Waals surface area contributed by atoms with E-state index in [4.69, 9.17) is 14.5 Å². The Labute approximate surface area is 180 Å². The lowest BCUT2D eigenvalue weighted by atomic mass is 9.94. The quantitative estimate of drug-likeness (QED) is 0.438. The zero-order valence-corrected chi connectivity index (χ0v) is 18.7. The summed E-state index contributed by atoms with van der Waals surface area (Å²) >= 11 is 1.39. The number of aromatic nitrogens is 4. The summed E-state index contributed by atoms with van der Waals surface area (Å²) in [5.41, 5.74) is 1.41. The van der Waals surface area contributed by atoms with Crippen molar-refractivity contribution in [1.82, 2.24) is 24.5 Å². The van der Waals surface area contributed by atoms with Gasteiger partial charge in [-0.15, -0.1) is 5.10 Å². The first-order valence-electron chi connectivity index (χ1n) is 10.2. The Morgan fingerprint density at radius 1 is 1.17 bits per heavy atom. The molecule has 30 heavy (non-hydrogen) atoms. The van der Waals surface area contributed by atoms with Crippen molar-refractivity contribution in [2.45, 2.75) is 50.2 Å². The van der Waals surface area contributed by atoms with Gasteiger partial charge in [0.2, 0.25) is 5.91 Å². The Kier molecular flexibility index (Phi) is 5.99. The van der Waals surface area contributed by atoms with Crippen LogP contribution in [0.5, 0.6) is 11.5 Å². The molecule has 1 saturated carbocycles. The van der Waals surface area contributed by atoms with Crippen LogP contribution in [0.15, 0.2) is 17.3 Å². The summed E-state index contributed by atoms with van der Waals surface area (Å²) in [6, 6.07) is 4.04. The van der Waals surface area contributed by atoms with Gasteiger partial charge in [0, 0.05) is 24.5 Å². The van der Waals surface area contributed by atoms with E-state index in [2.05, 4.69) is 10.1 Å². The molecule has 9 heteroatoms. The second kappa shape index (κ2) is 8.67. The average Bonchev–Trinajstić information content (AvgIpc) is 3.18. The van der Waals surface area contributed by atoms with Crippen LogP contribution in [0.2, 0.25) is 0 Å². The zero-order valence-electron chi connectivity index (χ0n) is 17.8. The van der Waals surface area contributed by atoms with Gasteiger partial charge in [-0.3, -0.25) is 4.79 Å². The summed E-state index contributed by atoms with van der Waals surface area (Å²) in [7, 11) is 5.11. The molecule has 0 spiro atoms. The number of benzene rings is 1. The van der Waals surface area contributed by atoms with Crippen LogP contribution in [0.4, 0.5) is 0 Å². The SMILES string of the molecule is COc1cc2nc(SCC(=O)N(C)C3CCCCC3)n3nc(C)nc3c2cc1OC. The van der Waals surface area contributed by atoms with E-state index in [0.29, 0.717) is 39.9 Å². The minimum Gasteiger partial charge on any atom is -0.493 e. The van der Waals surface area contributed by atoms with E-state index in [1.807, 2.05) is 31.0 Å². The number of fused-ring (bicyclic) bond motifs is 3. The molecule has 160 valence electrons. The predicted octanol–water partition coefficient (Wildman–Crippen LogP) is 3.49. The molecule has 3 aromatic rings. The van der Waals surface area contributed by atoms with Gasteiger partial charge in [0.25, 0.3) is 0 Å². The van der Waals surface area contributed by atoms with Gasteiger partial charge in [-0.05, 0) is 25.8 Å². The average molecular weight is 430 g/mol. The van der Waals surface area contributed by atoms with Gasteiger partial charge in [-0.25, -0.2) is 9.97 Å². The highest BCUT2D eigenvalue weighted by atomic mass is 32.2. The van der Waals surface area contributed by atoms with Crippen molar-refractivity contribution in [1.29, 1.82) is 0 Å². The summed E-state index contributed by atoms with van der Waals surface area (Å²) in [5, 5.41) is 5.96. The molecular formula is C21H27N5O3S. The lowest BCUT2D eigenvalue weighted by molar-refractivity contribution is -0.129. The minimum absolute atomic E-state index is 0.117. The van der Waals surface area contributed by atoms with Gasteiger partial charge in [0.15, 0.2) is 22.3 Å². The molecule has 0 saturated heterocycles. The predicted molar refractivity (Wildman–Crippen MR) is 116 cm³/mol. The first-order chi connectivity index (χ1) is 14.5. The summed E-state index contributed by atoms with van der Waals surface area (Å²) in [6.45, 7) is 1.84. The van der Waals surface area contributed by atoms with E-state index < -0.39 is 0 Å². The van der Waals surface area contributed by atoms with Crippen LogP contribution in [-0.2, 0) is 4.79 Å². The second-order valence-corrected chi connectivity index (χ2v) is 8.54. The molecule has 2 heterocycles. The molecule has 2 aromatic heterocycles. The number of carbonyl (C=O) groups excluding carboxylic acids is 1. The lowest BCUT2D eigenvalue weighted by Gasteiger charge is -2.31. The Morgan fingerprint density at radius 2 is 1.87 bits per heavy atom. The molecule has 0 unspecified atom stereocenters.